The van der Waals surface area contributed by atoms with Gasteiger partial charge >= 0.3 is 5.97 Å². The number of aromatic nitrogens is 4. The van der Waals surface area contributed by atoms with E-state index in [1.54, 1.807) is 22.9 Å². The van der Waals surface area contributed by atoms with E-state index in [9.17, 15) is 14.4 Å². The maximum atomic E-state index is 13.1. The molecule has 0 spiro atoms. The molecule has 36 heavy (non-hydrogen) atoms. The Bertz CT molecular complexity index is 1250. The van der Waals surface area contributed by atoms with Crippen LogP contribution < -0.4 is 15.8 Å². The quantitative estimate of drug-likeness (QED) is 0.284. The van der Waals surface area contributed by atoms with Gasteiger partial charge in [-0.15, -0.1) is 0 Å². The van der Waals surface area contributed by atoms with Crippen molar-refractivity contribution < 1.29 is 29.0 Å². The van der Waals surface area contributed by atoms with E-state index in [4.69, 9.17) is 20.3 Å². The van der Waals surface area contributed by atoms with Gasteiger partial charge in [-0.25, -0.2) is 4.98 Å². The smallest absolute Gasteiger partial charge is 0.305 e. The van der Waals surface area contributed by atoms with Crippen molar-refractivity contribution in [1.29, 1.82) is 0 Å². The largest absolute Gasteiger partial charge is 0.491 e. The SMILES string of the molecule is CCCn1c(NC(=O)c2cc(C)nn2CC)nc2cc(C(N)=O)cc(OCCCOCCC(=O)O)c21. The molecule has 0 saturated heterocycles. The lowest BCUT2D eigenvalue weighted by molar-refractivity contribution is -0.138. The lowest BCUT2D eigenvalue weighted by Gasteiger charge is -2.13. The first-order chi connectivity index (χ1) is 17.2. The number of nitrogens with two attached hydrogens (primary N) is 1. The Labute approximate surface area is 208 Å². The van der Waals surface area contributed by atoms with Crippen molar-refractivity contribution in [2.24, 2.45) is 5.73 Å². The molecule has 194 valence electrons. The molecule has 0 atom stereocenters. The number of aliphatic carboxylic acids is 1. The van der Waals surface area contributed by atoms with E-state index in [1.165, 1.54) is 0 Å². The first kappa shape index (κ1) is 26.7. The number of carboxylic acids is 1. The number of carboxylic acid groups (broad SMARTS) is 1. The van der Waals surface area contributed by atoms with Crippen LogP contribution in [0.3, 0.4) is 0 Å². The van der Waals surface area contributed by atoms with Gasteiger partial charge in [0.1, 0.15) is 17.0 Å². The van der Waals surface area contributed by atoms with Gasteiger partial charge in [0.25, 0.3) is 5.91 Å². The molecule has 3 rings (SSSR count). The summed E-state index contributed by atoms with van der Waals surface area (Å²) in [5.41, 5.74) is 8.00. The number of fused-ring (bicyclic) bond motifs is 1. The van der Waals surface area contributed by atoms with E-state index in [-0.39, 0.29) is 31.1 Å². The number of carbonyl (C=O) groups is 3. The maximum absolute atomic E-state index is 13.1. The van der Waals surface area contributed by atoms with Crippen molar-refractivity contribution in [3.63, 3.8) is 0 Å². The zero-order valence-electron chi connectivity index (χ0n) is 20.7. The number of nitrogens with zero attached hydrogens (tertiary/aromatic N) is 4. The summed E-state index contributed by atoms with van der Waals surface area (Å²) in [5, 5.41) is 15.9. The molecule has 0 aliphatic carbocycles. The first-order valence-electron chi connectivity index (χ1n) is 11.9. The summed E-state index contributed by atoms with van der Waals surface area (Å²) >= 11 is 0. The Balaban J connectivity index is 1.88. The normalized spacial score (nSPS) is 11.1. The van der Waals surface area contributed by atoms with Crippen LogP contribution in [0.2, 0.25) is 0 Å². The Morgan fingerprint density at radius 1 is 1.14 bits per heavy atom. The summed E-state index contributed by atoms with van der Waals surface area (Å²) in [7, 11) is 0. The summed E-state index contributed by atoms with van der Waals surface area (Å²) in [6.07, 6.45) is 1.20. The second kappa shape index (κ2) is 12.2. The van der Waals surface area contributed by atoms with Crippen molar-refractivity contribution in [1.82, 2.24) is 19.3 Å². The van der Waals surface area contributed by atoms with E-state index in [1.807, 2.05) is 25.3 Å². The van der Waals surface area contributed by atoms with Crippen LogP contribution in [-0.2, 0) is 22.6 Å². The van der Waals surface area contributed by atoms with Gasteiger partial charge in [-0.2, -0.15) is 5.10 Å². The van der Waals surface area contributed by atoms with Crippen molar-refractivity contribution in [2.75, 3.05) is 25.1 Å². The number of carbonyl (C=O) groups excluding carboxylic acids is 2. The molecule has 1 aromatic carbocycles. The number of ether oxygens (including phenoxy) is 2. The Morgan fingerprint density at radius 3 is 2.58 bits per heavy atom. The van der Waals surface area contributed by atoms with Crippen LogP contribution in [0.1, 0.15) is 59.7 Å². The average molecular weight is 501 g/mol. The molecule has 3 aromatic rings. The van der Waals surface area contributed by atoms with Crippen LogP contribution in [0.15, 0.2) is 18.2 Å². The number of benzene rings is 1. The second-order valence-electron chi connectivity index (χ2n) is 8.19. The van der Waals surface area contributed by atoms with Gasteiger partial charge < -0.3 is 24.9 Å². The van der Waals surface area contributed by atoms with Gasteiger partial charge in [-0.3, -0.25) is 24.4 Å². The van der Waals surface area contributed by atoms with Crippen molar-refractivity contribution in [3.05, 3.63) is 35.2 Å². The highest BCUT2D eigenvalue weighted by Crippen LogP contribution is 2.31. The Morgan fingerprint density at radius 2 is 1.92 bits per heavy atom. The summed E-state index contributed by atoms with van der Waals surface area (Å²) in [6.45, 7) is 7.53. The van der Waals surface area contributed by atoms with Crippen molar-refractivity contribution in [2.45, 2.75) is 53.1 Å². The number of amides is 2. The third kappa shape index (κ3) is 6.39. The molecule has 2 heterocycles. The average Bonchev–Trinajstić information content (AvgIpc) is 3.38. The third-order valence-corrected chi connectivity index (χ3v) is 5.35. The lowest BCUT2D eigenvalue weighted by atomic mass is 10.1. The molecule has 0 radical (unpaired) electrons. The number of imidazole rings is 1. The molecular formula is C24H32N6O6. The highest BCUT2D eigenvalue weighted by molar-refractivity contribution is 6.04. The molecule has 0 aliphatic heterocycles. The lowest BCUT2D eigenvalue weighted by Crippen LogP contribution is -2.20. The van der Waals surface area contributed by atoms with Crippen molar-refractivity contribution >= 4 is 34.8 Å². The highest BCUT2D eigenvalue weighted by Gasteiger charge is 2.21. The topological polar surface area (TPSA) is 164 Å². The molecule has 4 N–H and O–H groups in total. The number of hydrogen-bond donors (Lipinski definition) is 3. The standard InChI is InChI=1S/C24H32N6O6/c1-4-8-29-21-17(26-24(29)27-23(34)18-12-15(3)28-30(18)5-2)13-16(22(25)33)14-19(21)36-10-6-9-35-11-7-20(31)32/h12-14H,4-11H2,1-3H3,(H2,25,33)(H,31,32)(H,26,27,34). The fourth-order valence-corrected chi connectivity index (χ4v) is 3.76. The van der Waals surface area contributed by atoms with E-state index < -0.39 is 11.9 Å². The molecule has 12 heteroatoms. The van der Waals surface area contributed by atoms with Crippen LogP contribution >= 0.6 is 0 Å². The van der Waals surface area contributed by atoms with Crippen LogP contribution in [0.4, 0.5) is 5.95 Å². The van der Waals surface area contributed by atoms with Crippen LogP contribution in [0, 0.1) is 6.92 Å². The van der Waals surface area contributed by atoms with E-state index >= 15 is 0 Å². The van der Waals surface area contributed by atoms with Gasteiger partial charge in [0.15, 0.2) is 0 Å². The minimum Gasteiger partial charge on any atom is -0.491 e. The molecule has 0 fully saturated rings. The van der Waals surface area contributed by atoms with Gasteiger partial charge in [0, 0.05) is 31.7 Å². The van der Waals surface area contributed by atoms with Crippen LogP contribution in [0.5, 0.6) is 5.75 Å². The molecule has 0 aliphatic rings. The molecule has 2 aromatic heterocycles. The Hall–Kier alpha value is -3.93. The number of hydrogen-bond acceptors (Lipinski definition) is 7. The number of aryl methyl sites for hydroxylation is 3. The number of nitrogens with one attached hydrogen (secondary N) is 1. The van der Waals surface area contributed by atoms with Gasteiger partial charge in [0.05, 0.1) is 30.8 Å². The molecule has 0 saturated carbocycles. The van der Waals surface area contributed by atoms with E-state index in [2.05, 4.69) is 15.4 Å². The summed E-state index contributed by atoms with van der Waals surface area (Å²) in [5.74, 6) is -1.17. The Kier molecular flexibility index (Phi) is 9.01. The monoisotopic (exact) mass is 500 g/mol. The van der Waals surface area contributed by atoms with E-state index in [0.717, 1.165) is 12.1 Å². The minimum absolute atomic E-state index is 0.0640. The van der Waals surface area contributed by atoms with Gasteiger partial charge in [0.2, 0.25) is 11.9 Å². The maximum Gasteiger partial charge on any atom is 0.305 e. The second-order valence-corrected chi connectivity index (χ2v) is 8.19. The van der Waals surface area contributed by atoms with Gasteiger partial charge in [-0.1, -0.05) is 6.92 Å². The van der Waals surface area contributed by atoms with E-state index in [0.29, 0.717) is 54.5 Å². The zero-order valence-corrected chi connectivity index (χ0v) is 20.7. The van der Waals surface area contributed by atoms with Crippen LogP contribution in [0.25, 0.3) is 11.0 Å². The summed E-state index contributed by atoms with van der Waals surface area (Å²) < 4.78 is 14.7. The predicted octanol–water partition coefficient (Wildman–Crippen LogP) is 2.58. The molecule has 0 bridgehead atoms. The highest BCUT2D eigenvalue weighted by atomic mass is 16.5. The summed E-state index contributed by atoms with van der Waals surface area (Å²) in [4.78, 5) is 40.1. The molecular weight excluding hydrogens is 468 g/mol. The fourth-order valence-electron chi connectivity index (χ4n) is 3.76. The molecule has 12 nitrogen and oxygen atoms in total. The minimum atomic E-state index is -0.918. The predicted molar refractivity (Wildman–Crippen MR) is 132 cm³/mol. The molecule has 2 amide bonds. The first-order valence-corrected chi connectivity index (χ1v) is 11.9. The fraction of sp³-hybridized carbons (Fsp3) is 0.458. The third-order valence-electron chi connectivity index (χ3n) is 5.35. The summed E-state index contributed by atoms with van der Waals surface area (Å²) in [6, 6.07) is 4.84. The number of anilines is 1. The number of primary amides is 1. The van der Waals surface area contributed by atoms with Crippen LogP contribution in [-0.4, -0.2) is 62.0 Å². The van der Waals surface area contributed by atoms with Crippen molar-refractivity contribution in [3.8, 4) is 5.75 Å². The zero-order chi connectivity index (χ0) is 26.2. The van der Waals surface area contributed by atoms with Gasteiger partial charge in [-0.05, 0) is 38.5 Å². The molecule has 0 unspecified atom stereocenters. The number of rotatable bonds is 14.